The van der Waals surface area contributed by atoms with Crippen LogP contribution in [0.2, 0.25) is 0 Å². The zero-order chi connectivity index (χ0) is 12.0. The molecule has 17 heavy (non-hydrogen) atoms. The summed E-state index contributed by atoms with van der Waals surface area (Å²) in [5.41, 5.74) is 3.84. The van der Waals surface area contributed by atoms with Crippen molar-refractivity contribution in [2.45, 2.75) is 32.8 Å². The third kappa shape index (κ3) is 1.70. The van der Waals surface area contributed by atoms with Crippen LogP contribution in [-0.2, 0) is 11.2 Å². The fourth-order valence-corrected chi connectivity index (χ4v) is 2.68. The molecule has 0 saturated carbocycles. The lowest BCUT2D eigenvalue weighted by atomic mass is 9.81. The Labute approximate surface area is 103 Å². The molecular formula is C16H18O. The van der Waals surface area contributed by atoms with E-state index in [1.54, 1.807) is 0 Å². The minimum Gasteiger partial charge on any atom is -0.483 e. The summed E-state index contributed by atoms with van der Waals surface area (Å²) in [5.74, 6) is 1.64. The standard InChI is InChI=1S/C16H18O/c1-11-10-12-6-4-5-7-14(12)15-13(11)8-9-16(2,3)17-15/h4-9,11H,10H2,1-3H3. The third-order valence-corrected chi connectivity index (χ3v) is 3.61. The third-order valence-electron chi connectivity index (χ3n) is 3.61. The highest BCUT2D eigenvalue weighted by Crippen LogP contribution is 2.41. The molecule has 0 fully saturated rings. The second kappa shape index (κ2) is 3.49. The Morgan fingerprint density at radius 2 is 2.00 bits per heavy atom. The van der Waals surface area contributed by atoms with Gasteiger partial charge in [-0.2, -0.15) is 0 Å². The summed E-state index contributed by atoms with van der Waals surface area (Å²) in [6.07, 6.45) is 5.53. The maximum Gasteiger partial charge on any atom is 0.131 e. The van der Waals surface area contributed by atoms with Crippen molar-refractivity contribution in [2.24, 2.45) is 5.92 Å². The lowest BCUT2D eigenvalue weighted by Crippen LogP contribution is -2.27. The van der Waals surface area contributed by atoms with E-state index in [-0.39, 0.29) is 5.60 Å². The number of allylic oxidation sites excluding steroid dienone is 2. The number of rotatable bonds is 0. The van der Waals surface area contributed by atoms with Gasteiger partial charge in [-0.15, -0.1) is 0 Å². The minimum atomic E-state index is -0.191. The van der Waals surface area contributed by atoms with Gasteiger partial charge in [-0.25, -0.2) is 0 Å². The second-order valence-corrected chi connectivity index (χ2v) is 5.59. The molecule has 88 valence electrons. The van der Waals surface area contributed by atoms with Crippen LogP contribution in [0.3, 0.4) is 0 Å². The van der Waals surface area contributed by atoms with Crippen molar-refractivity contribution in [3.8, 4) is 0 Å². The molecule has 1 unspecified atom stereocenters. The van der Waals surface area contributed by atoms with Crippen molar-refractivity contribution < 1.29 is 4.74 Å². The van der Waals surface area contributed by atoms with Crippen molar-refractivity contribution >= 4 is 5.76 Å². The van der Waals surface area contributed by atoms with E-state index in [1.807, 2.05) is 0 Å². The molecule has 3 rings (SSSR count). The Hall–Kier alpha value is -1.50. The van der Waals surface area contributed by atoms with Gasteiger partial charge in [-0.05, 0) is 43.4 Å². The van der Waals surface area contributed by atoms with Crippen molar-refractivity contribution in [2.75, 3.05) is 0 Å². The SMILES string of the molecule is CC1Cc2ccccc2C2=C1C=CC(C)(C)O2. The van der Waals surface area contributed by atoms with Gasteiger partial charge in [0.15, 0.2) is 0 Å². The molecule has 0 aromatic heterocycles. The second-order valence-electron chi connectivity index (χ2n) is 5.59. The smallest absolute Gasteiger partial charge is 0.131 e. The van der Waals surface area contributed by atoms with E-state index in [9.17, 15) is 0 Å². The highest BCUT2D eigenvalue weighted by molar-refractivity contribution is 5.72. The summed E-state index contributed by atoms with van der Waals surface area (Å²) in [6, 6.07) is 8.59. The maximum atomic E-state index is 6.17. The van der Waals surface area contributed by atoms with Crippen molar-refractivity contribution in [1.29, 1.82) is 0 Å². The molecule has 1 aliphatic carbocycles. The van der Waals surface area contributed by atoms with Crippen LogP contribution < -0.4 is 0 Å². The van der Waals surface area contributed by atoms with Crippen molar-refractivity contribution in [1.82, 2.24) is 0 Å². The molecule has 0 spiro atoms. The first-order chi connectivity index (χ1) is 8.07. The molecule has 0 N–H and O–H groups in total. The topological polar surface area (TPSA) is 9.23 Å². The monoisotopic (exact) mass is 226 g/mol. The molecule has 1 nitrogen and oxygen atoms in total. The van der Waals surface area contributed by atoms with Crippen LogP contribution in [0.4, 0.5) is 0 Å². The fourth-order valence-electron chi connectivity index (χ4n) is 2.68. The first kappa shape index (κ1) is 10.6. The van der Waals surface area contributed by atoms with E-state index in [0.717, 1.165) is 12.2 Å². The highest BCUT2D eigenvalue weighted by atomic mass is 16.5. The molecule has 2 aliphatic rings. The quantitative estimate of drug-likeness (QED) is 0.650. The summed E-state index contributed by atoms with van der Waals surface area (Å²) in [5, 5.41) is 0. The van der Waals surface area contributed by atoms with Gasteiger partial charge in [0, 0.05) is 5.56 Å². The summed E-state index contributed by atoms with van der Waals surface area (Å²) < 4.78 is 6.17. The number of hydrogen-bond donors (Lipinski definition) is 0. The molecule has 0 bridgehead atoms. The van der Waals surface area contributed by atoms with E-state index in [1.165, 1.54) is 16.7 Å². The van der Waals surface area contributed by atoms with Crippen LogP contribution in [0.1, 0.15) is 31.9 Å². The Kier molecular flexibility index (Phi) is 2.19. The lowest BCUT2D eigenvalue weighted by molar-refractivity contribution is 0.119. The van der Waals surface area contributed by atoms with Crippen LogP contribution in [0, 0.1) is 5.92 Å². The van der Waals surface area contributed by atoms with E-state index in [0.29, 0.717) is 5.92 Å². The largest absolute Gasteiger partial charge is 0.483 e. The number of hydrogen-bond acceptors (Lipinski definition) is 1. The molecule has 1 aromatic carbocycles. The molecule has 0 amide bonds. The number of benzene rings is 1. The van der Waals surface area contributed by atoms with Crippen LogP contribution in [0.25, 0.3) is 5.76 Å². The Bertz CT molecular complexity index is 520. The first-order valence-electron chi connectivity index (χ1n) is 6.27. The number of fused-ring (bicyclic) bond motifs is 2. The molecule has 0 radical (unpaired) electrons. The van der Waals surface area contributed by atoms with Crippen LogP contribution >= 0.6 is 0 Å². The minimum absolute atomic E-state index is 0.191. The van der Waals surface area contributed by atoms with Crippen LogP contribution in [0.5, 0.6) is 0 Å². The average Bonchev–Trinajstić information content (AvgIpc) is 2.28. The predicted molar refractivity (Wildman–Crippen MR) is 70.5 cm³/mol. The van der Waals surface area contributed by atoms with Gasteiger partial charge in [0.1, 0.15) is 11.4 Å². The van der Waals surface area contributed by atoms with Gasteiger partial charge in [0.2, 0.25) is 0 Å². The van der Waals surface area contributed by atoms with Crippen molar-refractivity contribution in [3.05, 3.63) is 53.1 Å². The Morgan fingerprint density at radius 1 is 1.24 bits per heavy atom. The molecule has 1 heterocycles. The molecular weight excluding hydrogens is 208 g/mol. The van der Waals surface area contributed by atoms with Gasteiger partial charge < -0.3 is 4.74 Å². The van der Waals surface area contributed by atoms with Gasteiger partial charge in [0.05, 0.1) is 0 Å². The normalized spacial score (nSPS) is 25.0. The molecule has 1 atom stereocenters. The molecule has 1 aromatic rings. The first-order valence-corrected chi connectivity index (χ1v) is 6.27. The molecule has 1 heteroatoms. The van der Waals surface area contributed by atoms with E-state index < -0.39 is 0 Å². The summed E-state index contributed by atoms with van der Waals surface area (Å²) in [6.45, 7) is 6.49. The molecule has 1 aliphatic heterocycles. The van der Waals surface area contributed by atoms with Gasteiger partial charge >= 0.3 is 0 Å². The summed E-state index contributed by atoms with van der Waals surface area (Å²) in [7, 11) is 0. The fraction of sp³-hybridized carbons (Fsp3) is 0.375. The van der Waals surface area contributed by atoms with E-state index in [4.69, 9.17) is 4.74 Å². The van der Waals surface area contributed by atoms with Gasteiger partial charge in [0.25, 0.3) is 0 Å². The summed E-state index contributed by atoms with van der Waals surface area (Å²) >= 11 is 0. The lowest BCUT2D eigenvalue weighted by Gasteiger charge is -2.35. The van der Waals surface area contributed by atoms with Crippen LogP contribution in [0.15, 0.2) is 42.0 Å². The number of ether oxygens (including phenoxy) is 1. The zero-order valence-electron chi connectivity index (χ0n) is 10.7. The van der Waals surface area contributed by atoms with Gasteiger partial charge in [-0.1, -0.05) is 37.3 Å². The molecule has 0 saturated heterocycles. The summed E-state index contributed by atoms with van der Waals surface area (Å²) in [4.78, 5) is 0. The zero-order valence-corrected chi connectivity index (χ0v) is 10.7. The predicted octanol–water partition coefficient (Wildman–Crippen LogP) is 3.95. The average molecular weight is 226 g/mol. The Balaban J connectivity index is 2.17. The van der Waals surface area contributed by atoms with Crippen molar-refractivity contribution in [3.63, 3.8) is 0 Å². The van der Waals surface area contributed by atoms with Gasteiger partial charge in [-0.3, -0.25) is 0 Å². The van der Waals surface area contributed by atoms with E-state index >= 15 is 0 Å². The van der Waals surface area contributed by atoms with Crippen LogP contribution in [-0.4, -0.2) is 5.60 Å². The maximum absolute atomic E-state index is 6.17. The Morgan fingerprint density at radius 3 is 2.82 bits per heavy atom. The van der Waals surface area contributed by atoms with E-state index in [2.05, 4.69) is 57.2 Å². The highest BCUT2D eigenvalue weighted by Gasteiger charge is 2.31.